The van der Waals surface area contributed by atoms with Crippen LogP contribution in [-0.2, 0) is 19.3 Å². The molecular formula is C16H22N4. The summed E-state index contributed by atoms with van der Waals surface area (Å²) in [6.07, 6.45) is 7.62. The van der Waals surface area contributed by atoms with Crippen LogP contribution in [-0.4, -0.2) is 21.7 Å². The van der Waals surface area contributed by atoms with E-state index in [1.807, 2.05) is 0 Å². The Balaban J connectivity index is 1.57. The van der Waals surface area contributed by atoms with Crippen LogP contribution >= 0.6 is 0 Å². The van der Waals surface area contributed by atoms with Gasteiger partial charge in [-0.15, -0.1) is 0 Å². The Morgan fingerprint density at radius 3 is 2.90 bits per heavy atom. The van der Waals surface area contributed by atoms with Crippen LogP contribution in [0.3, 0.4) is 0 Å². The Hall–Kier alpha value is -1.68. The second kappa shape index (κ2) is 6.18. The molecule has 1 atom stereocenters. The molecule has 1 aliphatic rings. The minimum Gasteiger partial charge on any atom is -0.310 e. The van der Waals surface area contributed by atoms with Gasteiger partial charge in [-0.3, -0.25) is 5.10 Å². The van der Waals surface area contributed by atoms with Gasteiger partial charge in [0.25, 0.3) is 0 Å². The standard InChI is InChI=1S/C16H22N4/c1-12(17-9-8-16-18-11-19-20-16)14-7-6-13-4-2-3-5-15(13)10-14/h6-7,10-12,17H,2-5,8-9H2,1H3,(H,18,19,20). The molecule has 0 fully saturated rings. The second-order valence-corrected chi connectivity index (χ2v) is 5.59. The first kappa shape index (κ1) is 13.3. The van der Waals surface area contributed by atoms with Crippen LogP contribution < -0.4 is 5.32 Å². The molecule has 1 heterocycles. The molecule has 0 saturated heterocycles. The first-order chi connectivity index (χ1) is 9.83. The molecule has 0 aliphatic heterocycles. The van der Waals surface area contributed by atoms with Crippen molar-refractivity contribution in [2.75, 3.05) is 6.54 Å². The van der Waals surface area contributed by atoms with Crippen LogP contribution in [0.4, 0.5) is 0 Å². The zero-order valence-electron chi connectivity index (χ0n) is 12.0. The number of aryl methyl sites for hydroxylation is 2. The third-order valence-electron chi connectivity index (χ3n) is 4.15. The normalized spacial score (nSPS) is 15.8. The van der Waals surface area contributed by atoms with E-state index < -0.39 is 0 Å². The summed E-state index contributed by atoms with van der Waals surface area (Å²) in [4.78, 5) is 4.14. The lowest BCUT2D eigenvalue weighted by Gasteiger charge is -2.20. The fourth-order valence-electron chi connectivity index (χ4n) is 2.90. The number of nitrogens with one attached hydrogen (secondary N) is 2. The molecule has 4 heteroatoms. The van der Waals surface area contributed by atoms with Gasteiger partial charge in [-0.1, -0.05) is 18.2 Å². The van der Waals surface area contributed by atoms with Crippen molar-refractivity contribution in [2.24, 2.45) is 0 Å². The number of nitrogens with zero attached hydrogens (tertiary/aromatic N) is 2. The van der Waals surface area contributed by atoms with E-state index in [4.69, 9.17) is 0 Å². The molecule has 1 aromatic heterocycles. The summed E-state index contributed by atoms with van der Waals surface area (Å²) in [5, 5.41) is 10.3. The van der Waals surface area contributed by atoms with Gasteiger partial charge in [-0.2, -0.15) is 5.10 Å². The number of benzene rings is 1. The Bertz CT molecular complexity index is 548. The maximum absolute atomic E-state index is 4.14. The number of H-pyrrole nitrogens is 1. The van der Waals surface area contributed by atoms with Crippen LogP contribution in [0.5, 0.6) is 0 Å². The molecular weight excluding hydrogens is 248 g/mol. The van der Waals surface area contributed by atoms with Gasteiger partial charge in [-0.25, -0.2) is 4.98 Å². The van der Waals surface area contributed by atoms with Crippen LogP contribution in [0.25, 0.3) is 0 Å². The summed E-state index contributed by atoms with van der Waals surface area (Å²) in [6.45, 7) is 3.14. The lowest BCUT2D eigenvalue weighted by atomic mass is 9.89. The minimum absolute atomic E-state index is 0.380. The quantitative estimate of drug-likeness (QED) is 0.878. The smallest absolute Gasteiger partial charge is 0.137 e. The molecule has 106 valence electrons. The molecule has 2 aromatic rings. The number of hydrogen-bond donors (Lipinski definition) is 2. The average Bonchev–Trinajstić information content (AvgIpc) is 3.00. The first-order valence-electron chi connectivity index (χ1n) is 7.52. The van der Waals surface area contributed by atoms with Crippen LogP contribution in [0, 0.1) is 0 Å². The summed E-state index contributed by atoms with van der Waals surface area (Å²) in [5.41, 5.74) is 4.50. The molecule has 20 heavy (non-hydrogen) atoms. The zero-order valence-corrected chi connectivity index (χ0v) is 12.0. The summed E-state index contributed by atoms with van der Waals surface area (Å²) >= 11 is 0. The maximum Gasteiger partial charge on any atom is 0.137 e. The van der Waals surface area contributed by atoms with E-state index in [2.05, 4.69) is 45.6 Å². The highest BCUT2D eigenvalue weighted by molar-refractivity contribution is 5.35. The first-order valence-corrected chi connectivity index (χ1v) is 7.52. The Morgan fingerprint density at radius 2 is 2.10 bits per heavy atom. The third-order valence-corrected chi connectivity index (χ3v) is 4.15. The Labute approximate surface area is 120 Å². The third kappa shape index (κ3) is 3.07. The van der Waals surface area contributed by atoms with E-state index in [0.717, 1.165) is 18.8 Å². The van der Waals surface area contributed by atoms with E-state index in [-0.39, 0.29) is 0 Å². The monoisotopic (exact) mass is 270 g/mol. The summed E-state index contributed by atoms with van der Waals surface area (Å²) < 4.78 is 0. The molecule has 0 radical (unpaired) electrons. The largest absolute Gasteiger partial charge is 0.310 e. The lowest BCUT2D eigenvalue weighted by Crippen LogP contribution is -2.22. The second-order valence-electron chi connectivity index (χ2n) is 5.59. The molecule has 3 rings (SSSR count). The number of fused-ring (bicyclic) bond motifs is 1. The van der Waals surface area contributed by atoms with Gasteiger partial charge in [-0.05, 0) is 49.3 Å². The van der Waals surface area contributed by atoms with Crippen molar-refractivity contribution in [1.82, 2.24) is 20.5 Å². The highest BCUT2D eigenvalue weighted by atomic mass is 15.2. The SMILES string of the molecule is CC(NCCc1ncn[nH]1)c1ccc2c(c1)CCCC2. The number of rotatable bonds is 5. The average molecular weight is 270 g/mol. The number of aromatic nitrogens is 3. The predicted octanol–water partition coefficient (Wildman–Crippen LogP) is 2.58. The molecule has 0 amide bonds. The molecule has 1 unspecified atom stereocenters. The molecule has 0 saturated carbocycles. The topological polar surface area (TPSA) is 53.6 Å². The Kier molecular flexibility index (Phi) is 4.11. The fourth-order valence-corrected chi connectivity index (χ4v) is 2.90. The van der Waals surface area contributed by atoms with Gasteiger partial charge in [0, 0.05) is 19.0 Å². The van der Waals surface area contributed by atoms with Crippen molar-refractivity contribution in [3.63, 3.8) is 0 Å². The summed E-state index contributed by atoms with van der Waals surface area (Å²) in [5.74, 6) is 0.940. The molecule has 2 N–H and O–H groups in total. The van der Waals surface area contributed by atoms with Gasteiger partial charge < -0.3 is 5.32 Å². The minimum atomic E-state index is 0.380. The molecule has 4 nitrogen and oxygen atoms in total. The molecule has 1 aromatic carbocycles. The van der Waals surface area contributed by atoms with Crippen molar-refractivity contribution < 1.29 is 0 Å². The van der Waals surface area contributed by atoms with E-state index in [9.17, 15) is 0 Å². The number of hydrogen-bond acceptors (Lipinski definition) is 3. The van der Waals surface area contributed by atoms with Crippen molar-refractivity contribution in [3.05, 3.63) is 47.0 Å². The van der Waals surface area contributed by atoms with Gasteiger partial charge >= 0.3 is 0 Å². The van der Waals surface area contributed by atoms with Crippen molar-refractivity contribution in [3.8, 4) is 0 Å². The molecule has 1 aliphatic carbocycles. The van der Waals surface area contributed by atoms with Gasteiger partial charge in [0.15, 0.2) is 0 Å². The van der Waals surface area contributed by atoms with E-state index >= 15 is 0 Å². The number of aromatic amines is 1. The van der Waals surface area contributed by atoms with Crippen LogP contribution in [0.2, 0.25) is 0 Å². The zero-order chi connectivity index (χ0) is 13.8. The highest BCUT2D eigenvalue weighted by Crippen LogP contribution is 2.24. The van der Waals surface area contributed by atoms with Gasteiger partial charge in [0.2, 0.25) is 0 Å². The van der Waals surface area contributed by atoms with E-state index in [1.165, 1.54) is 31.2 Å². The summed E-state index contributed by atoms with van der Waals surface area (Å²) in [7, 11) is 0. The fraction of sp³-hybridized carbons (Fsp3) is 0.500. The van der Waals surface area contributed by atoms with Crippen molar-refractivity contribution >= 4 is 0 Å². The highest BCUT2D eigenvalue weighted by Gasteiger charge is 2.12. The summed E-state index contributed by atoms with van der Waals surface area (Å²) in [6, 6.07) is 7.36. The lowest BCUT2D eigenvalue weighted by molar-refractivity contribution is 0.568. The molecule has 0 spiro atoms. The van der Waals surface area contributed by atoms with E-state index in [1.54, 1.807) is 17.5 Å². The maximum atomic E-state index is 4.14. The van der Waals surface area contributed by atoms with E-state index in [0.29, 0.717) is 6.04 Å². The predicted molar refractivity (Wildman–Crippen MR) is 79.6 cm³/mol. The van der Waals surface area contributed by atoms with Crippen LogP contribution in [0.1, 0.15) is 48.3 Å². The van der Waals surface area contributed by atoms with Crippen molar-refractivity contribution in [1.29, 1.82) is 0 Å². The van der Waals surface area contributed by atoms with Gasteiger partial charge in [0.1, 0.15) is 12.2 Å². The molecule has 0 bridgehead atoms. The van der Waals surface area contributed by atoms with Gasteiger partial charge in [0.05, 0.1) is 0 Å². The Morgan fingerprint density at radius 1 is 1.25 bits per heavy atom. The van der Waals surface area contributed by atoms with Crippen molar-refractivity contribution in [2.45, 2.75) is 45.1 Å². The van der Waals surface area contributed by atoms with Crippen LogP contribution in [0.15, 0.2) is 24.5 Å².